The molecular weight excluding hydrogens is 292 g/mol. The van der Waals surface area contributed by atoms with E-state index in [1.54, 1.807) is 12.1 Å². The first kappa shape index (κ1) is 14.8. The SMILES string of the molecule is O=C1c2ccccc2C(=O)N1CCN1CCO[C@@H]2CCCC[C@@H]21. The normalized spacial score (nSPS) is 27.9. The van der Waals surface area contributed by atoms with Crippen LogP contribution in [0, 0.1) is 0 Å². The van der Waals surface area contributed by atoms with Gasteiger partial charge in [-0.25, -0.2) is 0 Å². The molecule has 0 bridgehead atoms. The van der Waals surface area contributed by atoms with Crippen molar-refractivity contribution in [3.8, 4) is 0 Å². The van der Waals surface area contributed by atoms with Crippen molar-refractivity contribution in [1.29, 1.82) is 0 Å². The average Bonchev–Trinajstić information content (AvgIpc) is 2.84. The van der Waals surface area contributed by atoms with Gasteiger partial charge in [-0.15, -0.1) is 0 Å². The third-order valence-corrected chi connectivity index (χ3v) is 5.34. The van der Waals surface area contributed by atoms with Crippen LogP contribution < -0.4 is 0 Å². The molecule has 2 heterocycles. The Morgan fingerprint density at radius 2 is 1.70 bits per heavy atom. The summed E-state index contributed by atoms with van der Waals surface area (Å²) in [4.78, 5) is 28.7. The van der Waals surface area contributed by atoms with Crippen LogP contribution in [0.2, 0.25) is 0 Å². The molecule has 1 saturated carbocycles. The molecule has 2 fully saturated rings. The predicted octanol–water partition coefficient (Wildman–Crippen LogP) is 1.93. The van der Waals surface area contributed by atoms with Crippen LogP contribution in [0.25, 0.3) is 0 Å². The Balaban J connectivity index is 1.43. The number of imide groups is 1. The molecule has 1 saturated heterocycles. The molecule has 5 heteroatoms. The molecule has 0 spiro atoms. The van der Waals surface area contributed by atoms with Gasteiger partial charge < -0.3 is 4.74 Å². The first-order chi connectivity index (χ1) is 11.3. The van der Waals surface area contributed by atoms with Crippen molar-refractivity contribution in [2.75, 3.05) is 26.2 Å². The largest absolute Gasteiger partial charge is 0.375 e. The Labute approximate surface area is 136 Å². The fourth-order valence-electron chi connectivity index (χ4n) is 4.12. The summed E-state index contributed by atoms with van der Waals surface area (Å²) >= 11 is 0. The molecule has 0 radical (unpaired) electrons. The van der Waals surface area contributed by atoms with Gasteiger partial charge in [-0.2, -0.15) is 0 Å². The van der Waals surface area contributed by atoms with E-state index in [9.17, 15) is 9.59 Å². The van der Waals surface area contributed by atoms with E-state index < -0.39 is 0 Å². The third-order valence-electron chi connectivity index (χ3n) is 5.34. The van der Waals surface area contributed by atoms with E-state index in [2.05, 4.69) is 4.90 Å². The Morgan fingerprint density at radius 1 is 1.00 bits per heavy atom. The number of hydrogen-bond acceptors (Lipinski definition) is 4. The van der Waals surface area contributed by atoms with Crippen LogP contribution in [0.15, 0.2) is 24.3 Å². The maximum Gasteiger partial charge on any atom is 0.261 e. The summed E-state index contributed by atoms with van der Waals surface area (Å²) < 4.78 is 5.89. The van der Waals surface area contributed by atoms with Crippen LogP contribution in [-0.2, 0) is 4.74 Å². The molecule has 2 amide bonds. The monoisotopic (exact) mass is 314 g/mol. The lowest BCUT2D eigenvalue weighted by atomic mass is 9.90. The molecule has 2 atom stereocenters. The third kappa shape index (κ3) is 2.58. The van der Waals surface area contributed by atoms with Crippen molar-refractivity contribution in [2.45, 2.75) is 37.8 Å². The van der Waals surface area contributed by atoms with Gasteiger partial charge in [-0.05, 0) is 25.0 Å². The van der Waals surface area contributed by atoms with Crippen LogP contribution in [0.1, 0.15) is 46.4 Å². The maximum absolute atomic E-state index is 12.4. The second-order valence-corrected chi connectivity index (χ2v) is 6.60. The average molecular weight is 314 g/mol. The highest BCUT2D eigenvalue weighted by Crippen LogP contribution is 2.29. The van der Waals surface area contributed by atoms with Gasteiger partial charge in [0, 0.05) is 25.7 Å². The summed E-state index contributed by atoms with van der Waals surface area (Å²) in [5.41, 5.74) is 1.07. The van der Waals surface area contributed by atoms with E-state index in [1.165, 1.54) is 17.7 Å². The van der Waals surface area contributed by atoms with Crippen molar-refractivity contribution in [3.05, 3.63) is 35.4 Å². The van der Waals surface area contributed by atoms with Crippen molar-refractivity contribution in [3.63, 3.8) is 0 Å². The van der Waals surface area contributed by atoms with E-state index in [4.69, 9.17) is 4.74 Å². The van der Waals surface area contributed by atoms with Crippen molar-refractivity contribution in [1.82, 2.24) is 9.80 Å². The number of hydrogen-bond donors (Lipinski definition) is 0. The van der Waals surface area contributed by atoms with E-state index in [-0.39, 0.29) is 11.8 Å². The minimum absolute atomic E-state index is 0.154. The lowest BCUT2D eigenvalue weighted by Crippen LogP contribution is -2.54. The Hall–Kier alpha value is -1.72. The number of morpholine rings is 1. The van der Waals surface area contributed by atoms with Gasteiger partial charge in [0.05, 0.1) is 23.8 Å². The summed E-state index contributed by atoms with van der Waals surface area (Å²) in [6.45, 7) is 2.86. The smallest absolute Gasteiger partial charge is 0.261 e. The van der Waals surface area contributed by atoms with Crippen molar-refractivity contribution < 1.29 is 14.3 Å². The van der Waals surface area contributed by atoms with Gasteiger partial charge in [0.25, 0.3) is 11.8 Å². The summed E-state index contributed by atoms with van der Waals surface area (Å²) in [7, 11) is 0. The van der Waals surface area contributed by atoms with Crippen molar-refractivity contribution >= 4 is 11.8 Å². The van der Waals surface area contributed by atoms with E-state index >= 15 is 0 Å². The Kier molecular flexibility index (Phi) is 3.91. The number of fused-ring (bicyclic) bond motifs is 2. The first-order valence-corrected chi connectivity index (χ1v) is 8.56. The molecule has 4 rings (SSSR count). The van der Waals surface area contributed by atoms with Crippen LogP contribution in [0.4, 0.5) is 0 Å². The molecule has 2 aliphatic heterocycles. The number of rotatable bonds is 3. The molecule has 0 unspecified atom stereocenters. The quantitative estimate of drug-likeness (QED) is 0.800. The fourth-order valence-corrected chi connectivity index (χ4v) is 4.12. The Bertz CT molecular complexity index is 593. The molecule has 122 valence electrons. The number of nitrogens with zero attached hydrogens (tertiary/aromatic N) is 2. The summed E-state index contributed by atoms with van der Waals surface area (Å²) in [6.07, 6.45) is 5.11. The number of ether oxygens (including phenoxy) is 1. The van der Waals surface area contributed by atoms with Gasteiger partial charge in [-0.1, -0.05) is 25.0 Å². The molecule has 1 aliphatic carbocycles. The molecule has 1 aromatic rings. The van der Waals surface area contributed by atoms with E-state index in [1.807, 2.05) is 12.1 Å². The number of amides is 2. The second-order valence-electron chi connectivity index (χ2n) is 6.60. The van der Waals surface area contributed by atoms with Gasteiger partial charge in [0.2, 0.25) is 0 Å². The van der Waals surface area contributed by atoms with Crippen LogP contribution >= 0.6 is 0 Å². The minimum atomic E-state index is -0.154. The maximum atomic E-state index is 12.4. The minimum Gasteiger partial charge on any atom is -0.375 e. The van der Waals surface area contributed by atoms with Gasteiger partial charge >= 0.3 is 0 Å². The van der Waals surface area contributed by atoms with Gasteiger partial charge in [0.15, 0.2) is 0 Å². The van der Waals surface area contributed by atoms with Crippen LogP contribution in [0.3, 0.4) is 0 Å². The summed E-state index contributed by atoms with van der Waals surface area (Å²) in [5, 5.41) is 0. The fraction of sp³-hybridized carbons (Fsp3) is 0.556. The van der Waals surface area contributed by atoms with Crippen LogP contribution in [-0.4, -0.2) is 60.0 Å². The Morgan fingerprint density at radius 3 is 2.43 bits per heavy atom. The number of benzene rings is 1. The molecule has 5 nitrogen and oxygen atoms in total. The van der Waals surface area contributed by atoms with Crippen LogP contribution in [0.5, 0.6) is 0 Å². The van der Waals surface area contributed by atoms with Crippen molar-refractivity contribution in [2.24, 2.45) is 0 Å². The zero-order valence-corrected chi connectivity index (χ0v) is 13.2. The first-order valence-electron chi connectivity index (χ1n) is 8.56. The topological polar surface area (TPSA) is 49.9 Å². The molecule has 23 heavy (non-hydrogen) atoms. The number of carbonyl (C=O) groups excluding carboxylic acids is 2. The second kappa shape index (κ2) is 6.06. The molecule has 3 aliphatic rings. The van der Waals surface area contributed by atoms with Gasteiger partial charge in [-0.3, -0.25) is 19.4 Å². The standard InChI is InChI=1S/C18H22N2O3/c21-17-13-5-1-2-6-14(13)18(22)20(17)10-9-19-11-12-23-16-8-4-3-7-15(16)19/h1-2,5-6,15-16H,3-4,7-12H2/t15-,16+/m0/s1. The number of carbonyl (C=O) groups is 2. The predicted molar refractivity (Wildman–Crippen MR) is 85.4 cm³/mol. The molecule has 0 N–H and O–H groups in total. The zero-order chi connectivity index (χ0) is 15.8. The highest BCUT2D eigenvalue weighted by molar-refractivity contribution is 6.21. The van der Waals surface area contributed by atoms with Gasteiger partial charge in [0.1, 0.15) is 0 Å². The highest BCUT2D eigenvalue weighted by atomic mass is 16.5. The highest BCUT2D eigenvalue weighted by Gasteiger charge is 2.37. The molecule has 1 aromatic carbocycles. The molecule has 0 aromatic heterocycles. The summed E-state index contributed by atoms with van der Waals surface area (Å²) in [5.74, 6) is -0.307. The lowest BCUT2D eigenvalue weighted by molar-refractivity contribution is -0.0884. The zero-order valence-electron chi connectivity index (χ0n) is 13.2. The van der Waals surface area contributed by atoms with E-state index in [0.29, 0.717) is 29.8 Å². The summed E-state index contributed by atoms with van der Waals surface area (Å²) in [6, 6.07) is 7.54. The molecular formula is C18H22N2O3. The lowest BCUT2D eigenvalue weighted by Gasteiger charge is -2.44. The van der Waals surface area contributed by atoms with E-state index in [0.717, 1.165) is 32.5 Å².